The number of ether oxygens (including phenoxy) is 1. The number of aromatic hydroxyl groups is 1. The SMILES string of the molecule is CC(=O)Oc1ccc2cc(C(=O)Nc3cccc(-c4ccnc(Cc5cccnc5)c4O)c3)ccc2c1. The van der Waals surface area contributed by atoms with Gasteiger partial charge in [-0.3, -0.25) is 19.6 Å². The third kappa shape index (κ3) is 5.46. The average Bonchev–Trinajstić information content (AvgIpc) is 2.90. The molecule has 5 rings (SSSR count). The number of hydrogen-bond donors (Lipinski definition) is 2. The first-order chi connectivity index (χ1) is 18.0. The second-order valence-electron chi connectivity index (χ2n) is 8.54. The molecular formula is C30H23N3O4. The number of fused-ring (bicyclic) bond motifs is 1. The maximum Gasteiger partial charge on any atom is 0.308 e. The van der Waals surface area contributed by atoms with E-state index in [9.17, 15) is 14.7 Å². The predicted octanol–water partition coefficient (Wildman–Crippen LogP) is 5.77. The normalized spacial score (nSPS) is 10.7. The van der Waals surface area contributed by atoms with E-state index in [1.807, 2.05) is 36.4 Å². The molecule has 0 fully saturated rings. The molecule has 0 aliphatic rings. The van der Waals surface area contributed by atoms with Gasteiger partial charge in [-0.2, -0.15) is 0 Å². The molecule has 0 radical (unpaired) electrons. The molecule has 0 aliphatic heterocycles. The van der Waals surface area contributed by atoms with E-state index in [0.717, 1.165) is 21.9 Å². The number of amides is 1. The molecule has 2 heterocycles. The van der Waals surface area contributed by atoms with Gasteiger partial charge in [0.25, 0.3) is 5.91 Å². The van der Waals surface area contributed by atoms with E-state index in [1.165, 1.54) is 6.92 Å². The maximum atomic E-state index is 13.0. The summed E-state index contributed by atoms with van der Waals surface area (Å²) < 4.78 is 5.13. The van der Waals surface area contributed by atoms with Crippen LogP contribution in [0.4, 0.5) is 5.69 Å². The summed E-state index contributed by atoms with van der Waals surface area (Å²) in [6.07, 6.45) is 5.56. The summed E-state index contributed by atoms with van der Waals surface area (Å²) in [5.74, 6) is -0.101. The highest BCUT2D eigenvalue weighted by Crippen LogP contribution is 2.33. The largest absolute Gasteiger partial charge is 0.505 e. The second-order valence-corrected chi connectivity index (χ2v) is 8.54. The quantitative estimate of drug-likeness (QED) is 0.232. The van der Waals surface area contributed by atoms with Crippen LogP contribution in [0.3, 0.4) is 0 Å². The van der Waals surface area contributed by atoms with Crippen molar-refractivity contribution in [3.05, 3.63) is 114 Å². The minimum absolute atomic E-state index is 0.0949. The molecule has 7 heteroatoms. The van der Waals surface area contributed by atoms with Gasteiger partial charge in [-0.15, -0.1) is 0 Å². The first kappa shape index (κ1) is 23.7. The first-order valence-corrected chi connectivity index (χ1v) is 11.7. The van der Waals surface area contributed by atoms with Crippen molar-refractivity contribution < 1.29 is 19.4 Å². The van der Waals surface area contributed by atoms with Gasteiger partial charge in [-0.1, -0.05) is 30.3 Å². The van der Waals surface area contributed by atoms with Crippen LogP contribution in [-0.4, -0.2) is 27.0 Å². The Morgan fingerprint density at radius 2 is 1.76 bits per heavy atom. The van der Waals surface area contributed by atoms with Crippen LogP contribution in [0.5, 0.6) is 11.5 Å². The van der Waals surface area contributed by atoms with Crippen LogP contribution in [0.2, 0.25) is 0 Å². The lowest BCUT2D eigenvalue weighted by molar-refractivity contribution is -0.131. The zero-order valence-corrected chi connectivity index (χ0v) is 20.0. The summed E-state index contributed by atoms with van der Waals surface area (Å²) in [5, 5.41) is 15.6. The second kappa shape index (κ2) is 10.3. The number of esters is 1. The van der Waals surface area contributed by atoms with Crippen LogP contribution in [0.15, 0.2) is 97.5 Å². The zero-order chi connectivity index (χ0) is 25.8. The van der Waals surface area contributed by atoms with Gasteiger partial charge >= 0.3 is 5.97 Å². The fourth-order valence-electron chi connectivity index (χ4n) is 4.12. The summed E-state index contributed by atoms with van der Waals surface area (Å²) in [5.41, 5.74) is 3.96. The van der Waals surface area contributed by atoms with Crippen molar-refractivity contribution in [1.82, 2.24) is 9.97 Å². The molecule has 7 nitrogen and oxygen atoms in total. The number of benzene rings is 3. The number of carbonyl (C=O) groups is 2. The summed E-state index contributed by atoms with van der Waals surface area (Å²) in [6, 6.07) is 23.4. The molecule has 1 amide bonds. The topological polar surface area (TPSA) is 101 Å². The molecule has 37 heavy (non-hydrogen) atoms. The standard InChI is InChI=1S/C30H23N3O4/c1-19(34)37-26-10-9-21-15-24(8-7-22(21)17-26)30(36)33-25-6-2-5-23(16-25)27-11-13-32-28(29(27)35)14-20-4-3-12-31-18-20/h2-13,15-18,35H,14H2,1H3,(H,33,36). The molecule has 0 bridgehead atoms. The lowest BCUT2D eigenvalue weighted by Crippen LogP contribution is -2.11. The minimum Gasteiger partial charge on any atom is -0.505 e. The van der Waals surface area contributed by atoms with E-state index >= 15 is 0 Å². The van der Waals surface area contributed by atoms with Crippen LogP contribution >= 0.6 is 0 Å². The van der Waals surface area contributed by atoms with E-state index in [2.05, 4.69) is 15.3 Å². The van der Waals surface area contributed by atoms with Crippen LogP contribution in [0.25, 0.3) is 21.9 Å². The van der Waals surface area contributed by atoms with Crippen molar-refractivity contribution in [1.29, 1.82) is 0 Å². The highest BCUT2D eigenvalue weighted by molar-refractivity contribution is 6.06. The molecule has 0 atom stereocenters. The van der Waals surface area contributed by atoms with Crippen molar-refractivity contribution in [3.8, 4) is 22.6 Å². The van der Waals surface area contributed by atoms with E-state index in [0.29, 0.717) is 34.7 Å². The molecule has 0 spiro atoms. The molecule has 5 aromatic rings. The Morgan fingerprint density at radius 1 is 0.919 bits per heavy atom. The van der Waals surface area contributed by atoms with Gasteiger partial charge in [-0.05, 0) is 70.4 Å². The molecule has 2 aromatic heterocycles. The summed E-state index contributed by atoms with van der Waals surface area (Å²) in [6.45, 7) is 1.35. The van der Waals surface area contributed by atoms with Crippen molar-refractivity contribution in [2.45, 2.75) is 13.3 Å². The predicted molar refractivity (Wildman–Crippen MR) is 142 cm³/mol. The molecule has 182 valence electrons. The Hall–Kier alpha value is -5.04. The van der Waals surface area contributed by atoms with Gasteiger partial charge in [0.15, 0.2) is 0 Å². The number of pyridine rings is 2. The maximum absolute atomic E-state index is 13.0. The third-order valence-corrected chi connectivity index (χ3v) is 5.86. The van der Waals surface area contributed by atoms with Gasteiger partial charge in [-0.25, -0.2) is 0 Å². The number of rotatable bonds is 6. The Bertz CT molecular complexity index is 1620. The molecule has 0 saturated carbocycles. The Kier molecular flexibility index (Phi) is 6.59. The van der Waals surface area contributed by atoms with Crippen LogP contribution in [0.1, 0.15) is 28.5 Å². The summed E-state index contributed by atoms with van der Waals surface area (Å²) in [4.78, 5) is 32.7. The van der Waals surface area contributed by atoms with Gasteiger partial charge in [0.2, 0.25) is 0 Å². The Balaban J connectivity index is 1.36. The molecule has 3 aromatic carbocycles. The number of nitrogens with one attached hydrogen (secondary N) is 1. The highest BCUT2D eigenvalue weighted by atomic mass is 16.5. The van der Waals surface area contributed by atoms with E-state index in [-0.39, 0.29) is 17.6 Å². The van der Waals surface area contributed by atoms with Crippen LogP contribution in [0, 0.1) is 0 Å². The lowest BCUT2D eigenvalue weighted by Gasteiger charge is -2.12. The first-order valence-electron chi connectivity index (χ1n) is 11.7. The number of nitrogens with zero attached hydrogens (tertiary/aromatic N) is 2. The van der Waals surface area contributed by atoms with E-state index in [4.69, 9.17) is 4.74 Å². The lowest BCUT2D eigenvalue weighted by atomic mass is 10.0. The number of anilines is 1. The molecule has 0 unspecified atom stereocenters. The van der Waals surface area contributed by atoms with Gasteiger partial charge in [0, 0.05) is 48.7 Å². The van der Waals surface area contributed by atoms with Gasteiger partial charge in [0.05, 0.1) is 5.69 Å². The minimum atomic E-state index is -0.387. The number of hydrogen-bond acceptors (Lipinski definition) is 6. The zero-order valence-electron chi connectivity index (χ0n) is 20.0. The smallest absolute Gasteiger partial charge is 0.308 e. The van der Waals surface area contributed by atoms with Crippen molar-refractivity contribution in [3.63, 3.8) is 0 Å². The van der Waals surface area contributed by atoms with E-state index < -0.39 is 0 Å². The fourth-order valence-corrected chi connectivity index (χ4v) is 4.12. The summed E-state index contributed by atoms with van der Waals surface area (Å²) >= 11 is 0. The van der Waals surface area contributed by atoms with Crippen molar-refractivity contribution >= 4 is 28.3 Å². The van der Waals surface area contributed by atoms with Crippen LogP contribution < -0.4 is 10.1 Å². The van der Waals surface area contributed by atoms with Crippen LogP contribution in [-0.2, 0) is 11.2 Å². The molecule has 0 aliphatic carbocycles. The van der Waals surface area contributed by atoms with Crippen molar-refractivity contribution in [2.75, 3.05) is 5.32 Å². The summed E-state index contributed by atoms with van der Waals surface area (Å²) in [7, 11) is 0. The Morgan fingerprint density at radius 3 is 2.57 bits per heavy atom. The van der Waals surface area contributed by atoms with Gasteiger partial charge in [0.1, 0.15) is 11.5 Å². The molecule has 2 N–H and O–H groups in total. The van der Waals surface area contributed by atoms with Gasteiger partial charge < -0.3 is 15.2 Å². The highest BCUT2D eigenvalue weighted by Gasteiger charge is 2.13. The molecule has 0 saturated heterocycles. The third-order valence-electron chi connectivity index (χ3n) is 5.86. The number of aromatic nitrogens is 2. The van der Waals surface area contributed by atoms with E-state index in [1.54, 1.807) is 61.1 Å². The van der Waals surface area contributed by atoms with Crippen molar-refractivity contribution in [2.24, 2.45) is 0 Å². The number of carbonyl (C=O) groups excluding carboxylic acids is 2. The Labute approximate surface area is 213 Å². The monoisotopic (exact) mass is 489 g/mol. The fraction of sp³-hybridized carbons (Fsp3) is 0.0667. The molecular weight excluding hydrogens is 466 g/mol. The average molecular weight is 490 g/mol.